The standard InChI is InChI=1S/C13H9Cl3N2O2/c14-6-3-7(15)13(8(16)4-6)10-2-1-9(17)11(18-10)5-12(19)20/h1-4H,5,17H2,(H,19,20). The molecule has 1 heterocycles. The molecule has 2 aromatic rings. The van der Waals surface area contributed by atoms with Crippen LogP contribution in [-0.4, -0.2) is 16.1 Å². The Bertz CT molecular complexity index is 666. The summed E-state index contributed by atoms with van der Waals surface area (Å²) in [5.41, 5.74) is 7.20. The molecule has 0 amide bonds. The van der Waals surface area contributed by atoms with Crippen molar-refractivity contribution in [2.75, 3.05) is 5.73 Å². The van der Waals surface area contributed by atoms with Crippen LogP contribution in [-0.2, 0) is 11.2 Å². The highest BCUT2D eigenvalue weighted by molar-refractivity contribution is 6.41. The number of nitrogens with zero attached hydrogens (tertiary/aromatic N) is 1. The van der Waals surface area contributed by atoms with E-state index in [2.05, 4.69) is 4.98 Å². The number of nitrogen functional groups attached to an aromatic ring is 1. The lowest BCUT2D eigenvalue weighted by Gasteiger charge is -2.10. The Hall–Kier alpha value is -1.49. The summed E-state index contributed by atoms with van der Waals surface area (Å²) in [4.78, 5) is 15.0. The van der Waals surface area contributed by atoms with Gasteiger partial charge in [-0.1, -0.05) is 34.8 Å². The van der Waals surface area contributed by atoms with E-state index in [0.717, 1.165) is 0 Å². The van der Waals surface area contributed by atoms with Crippen LogP contribution in [0.25, 0.3) is 11.3 Å². The topological polar surface area (TPSA) is 76.2 Å². The molecule has 0 spiro atoms. The third kappa shape index (κ3) is 3.15. The predicted molar refractivity (Wildman–Crippen MR) is 80.5 cm³/mol. The first kappa shape index (κ1) is 14.9. The molecule has 3 N–H and O–H groups in total. The van der Waals surface area contributed by atoms with Gasteiger partial charge in [0.2, 0.25) is 0 Å². The second-order valence-corrected chi connectivity index (χ2v) is 5.30. The molecule has 4 nitrogen and oxygen atoms in total. The Morgan fingerprint density at radius 2 is 1.80 bits per heavy atom. The molecular formula is C13H9Cl3N2O2. The first-order chi connectivity index (χ1) is 9.38. The minimum absolute atomic E-state index is 0.261. The summed E-state index contributed by atoms with van der Waals surface area (Å²) >= 11 is 18.1. The van der Waals surface area contributed by atoms with Crippen LogP contribution in [0.1, 0.15) is 5.69 Å². The van der Waals surface area contributed by atoms with Crippen LogP contribution in [0.15, 0.2) is 24.3 Å². The summed E-state index contributed by atoms with van der Waals surface area (Å²) in [6.07, 6.45) is -0.275. The molecule has 2 rings (SSSR count). The quantitative estimate of drug-likeness (QED) is 0.893. The number of benzene rings is 1. The van der Waals surface area contributed by atoms with E-state index in [1.165, 1.54) is 0 Å². The highest BCUT2D eigenvalue weighted by atomic mass is 35.5. The molecule has 0 saturated carbocycles. The summed E-state index contributed by atoms with van der Waals surface area (Å²) in [6.45, 7) is 0. The molecule has 0 unspecified atom stereocenters. The number of halogens is 3. The Labute approximate surface area is 130 Å². The van der Waals surface area contributed by atoms with Gasteiger partial charge in [-0.25, -0.2) is 4.98 Å². The number of pyridine rings is 1. The number of carbonyl (C=O) groups is 1. The number of nitrogens with two attached hydrogens (primary N) is 1. The van der Waals surface area contributed by atoms with Gasteiger partial charge in [-0.3, -0.25) is 4.79 Å². The highest BCUT2D eigenvalue weighted by Gasteiger charge is 2.14. The van der Waals surface area contributed by atoms with Crippen molar-refractivity contribution in [1.29, 1.82) is 0 Å². The molecule has 1 aromatic heterocycles. The number of aromatic nitrogens is 1. The minimum atomic E-state index is -1.02. The molecule has 1 aromatic carbocycles. The summed E-state index contributed by atoms with van der Waals surface area (Å²) in [5.74, 6) is -1.02. The van der Waals surface area contributed by atoms with Crippen molar-refractivity contribution in [3.05, 3.63) is 45.0 Å². The van der Waals surface area contributed by atoms with E-state index < -0.39 is 5.97 Å². The van der Waals surface area contributed by atoms with E-state index in [9.17, 15) is 4.79 Å². The largest absolute Gasteiger partial charge is 0.481 e. The normalized spacial score (nSPS) is 10.6. The Morgan fingerprint density at radius 1 is 1.20 bits per heavy atom. The minimum Gasteiger partial charge on any atom is -0.481 e. The van der Waals surface area contributed by atoms with Gasteiger partial charge in [0.05, 0.1) is 33.5 Å². The van der Waals surface area contributed by atoms with Gasteiger partial charge in [0.15, 0.2) is 0 Å². The van der Waals surface area contributed by atoms with Gasteiger partial charge in [-0.15, -0.1) is 0 Å². The fourth-order valence-corrected chi connectivity index (χ4v) is 2.73. The molecule has 0 radical (unpaired) electrons. The predicted octanol–water partition coefficient (Wildman–Crippen LogP) is 3.92. The molecule has 7 heteroatoms. The maximum absolute atomic E-state index is 10.8. The molecular weight excluding hydrogens is 323 g/mol. The van der Waals surface area contributed by atoms with E-state index in [1.807, 2.05) is 0 Å². The Kier molecular flexibility index (Phi) is 4.38. The summed E-state index contributed by atoms with van der Waals surface area (Å²) in [5, 5.41) is 9.91. The maximum atomic E-state index is 10.8. The third-order valence-corrected chi connectivity index (χ3v) is 3.41. The lowest BCUT2D eigenvalue weighted by Crippen LogP contribution is -2.06. The first-order valence-electron chi connectivity index (χ1n) is 5.50. The number of hydrogen-bond acceptors (Lipinski definition) is 3. The summed E-state index contributed by atoms with van der Waals surface area (Å²) in [7, 11) is 0. The summed E-state index contributed by atoms with van der Waals surface area (Å²) < 4.78 is 0. The van der Waals surface area contributed by atoms with Gasteiger partial charge in [0.25, 0.3) is 0 Å². The first-order valence-corrected chi connectivity index (χ1v) is 6.64. The van der Waals surface area contributed by atoms with Crippen LogP contribution in [0.2, 0.25) is 15.1 Å². The molecule has 20 heavy (non-hydrogen) atoms. The van der Waals surface area contributed by atoms with Crippen LogP contribution in [0.4, 0.5) is 5.69 Å². The zero-order valence-corrected chi connectivity index (χ0v) is 12.3. The van der Waals surface area contributed by atoms with E-state index in [4.69, 9.17) is 45.6 Å². The number of rotatable bonds is 3. The van der Waals surface area contributed by atoms with E-state index in [1.54, 1.807) is 24.3 Å². The fraction of sp³-hybridized carbons (Fsp3) is 0.0769. The number of anilines is 1. The molecule has 104 valence electrons. The lowest BCUT2D eigenvalue weighted by atomic mass is 10.1. The van der Waals surface area contributed by atoms with Crippen molar-refractivity contribution < 1.29 is 9.90 Å². The monoisotopic (exact) mass is 330 g/mol. The fourth-order valence-electron chi connectivity index (χ4n) is 1.72. The van der Waals surface area contributed by atoms with Crippen LogP contribution in [0.3, 0.4) is 0 Å². The van der Waals surface area contributed by atoms with Crippen molar-refractivity contribution in [2.45, 2.75) is 6.42 Å². The zero-order valence-electron chi connectivity index (χ0n) is 10.0. The second-order valence-electron chi connectivity index (χ2n) is 4.05. The molecule has 0 bridgehead atoms. The van der Waals surface area contributed by atoms with Crippen molar-refractivity contribution >= 4 is 46.5 Å². The number of carboxylic acid groups (broad SMARTS) is 1. The SMILES string of the molecule is Nc1ccc(-c2c(Cl)cc(Cl)cc2Cl)nc1CC(=O)O. The van der Waals surface area contributed by atoms with E-state index in [0.29, 0.717) is 32.0 Å². The molecule has 0 atom stereocenters. The van der Waals surface area contributed by atoms with Crippen molar-refractivity contribution in [3.8, 4) is 11.3 Å². The van der Waals surface area contributed by atoms with Gasteiger partial charge in [0, 0.05) is 10.6 Å². The summed E-state index contributed by atoms with van der Waals surface area (Å²) in [6, 6.07) is 6.28. The second kappa shape index (κ2) is 5.87. The van der Waals surface area contributed by atoms with Gasteiger partial charge < -0.3 is 10.8 Å². The average Bonchev–Trinajstić information content (AvgIpc) is 2.31. The molecule has 0 saturated heterocycles. The van der Waals surface area contributed by atoms with Crippen molar-refractivity contribution in [3.63, 3.8) is 0 Å². The molecule has 0 fully saturated rings. The van der Waals surface area contributed by atoms with Gasteiger partial charge in [-0.2, -0.15) is 0 Å². The lowest BCUT2D eigenvalue weighted by molar-refractivity contribution is -0.136. The average molecular weight is 332 g/mol. The molecule has 0 aliphatic carbocycles. The van der Waals surface area contributed by atoms with Gasteiger partial charge >= 0.3 is 5.97 Å². The highest BCUT2D eigenvalue weighted by Crippen LogP contribution is 2.36. The molecule has 0 aliphatic rings. The van der Waals surface area contributed by atoms with E-state index in [-0.39, 0.29) is 12.1 Å². The van der Waals surface area contributed by atoms with Crippen LogP contribution in [0, 0.1) is 0 Å². The van der Waals surface area contributed by atoms with Crippen LogP contribution >= 0.6 is 34.8 Å². The van der Waals surface area contributed by atoms with E-state index >= 15 is 0 Å². The maximum Gasteiger partial charge on any atom is 0.309 e. The molecule has 0 aliphatic heterocycles. The van der Waals surface area contributed by atoms with Crippen LogP contribution in [0.5, 0.6) is 0 Å². The number of carboxylic acids is 1. The smallest absolute Gasteiger partial charge is 0.309 e. The van der Waals surface area contributed by atoms with Crippen molar-refractivity contribution in [2.24, 2.45) is 0 Å². The zero-order chi connectivity index (χ0) is 14.9. The van der Waals surface area contributed by atoms with Crippen LogP contribution < -0.4 is 5.73 Å². The number of hydrogen-bond donors (Lipinski definition) is 2. The Balaban J connectivity index is 2.56. The number of aliphatic carboxylic acids is 1. The third-order valence-electron chi connectivity index (χ3n) is 2.59. The van der Waals surface area contributed by atoms with Crippen molar-refractivity contribution in [1.82, 2.24) is 4.98 Å². The Morgan fingerprint density at radius 3 is 2.35 bits per heavy atom. The van der Waals surface area contributed by atoms with Gasteiger partial charge in [0.1, 0.15) is 0 Å². The van der Waals surface area contributed by atoms with Gasteiger partial charge in [-0.05, 0) is 24.3 Å².